The number of esters is 1. The molecule has 0 aliphatic heterocycles. The first-order valence-corrected chi connectivity index (χ1v) is 8.73. The maximum absolute atomic E-state index is 11.6. The summed E-state index contributed by atoms with van der Waals surface area (Å²) in [7, 11) is 0. The van der Waals surface area contributed by atoms with Crippen LogP contribution in [0.5, 0.6) is 0 Å². The van der Waals surface area contributed by atoms with E-state index in [0.717, 1.165) is 5.69 Å². The number of nitrogens with zero attached hydrogens (tertiary/aromatic N) is 5. The van der Waals surface area contributed by atoms with E-state index in [4.69, 9.17) is 15.5 Å². The summed E-state index contributed by atoms with van der Waals surface area (Å²) in [6.07, 6.45) is 2.68. The number of carbonyl (C=O) groups excluding carboxylic acids is 1. The highest BCUT2D eigenvalue weighted by Crippen LogP contribution is 2.31. The second kappa shape index (κ2) is 7.07. The van der Waals surface area contributed by atoms with Gasteiger partial charge in [-0.05, 0) is 43.3 Å². The molecule has 0 saturated carbocycles. The van der Waals surface area contributed by atoms with Crippen LogP contribution in [0.25, 0.3) is 33.9 Å². The molecule has 2 N–H and O–H groups in total. The monoisotopic (exact) mass is 374 g/mol. The summed E-state index contributed by atoms with van der Waals surface area (Å²) in [4.78, 5) is 29.5. The Bertz CT molecular complexity index is 1160. The number of rotatable bonds is 4. The molecule has 0 aromatic carbocycles. The topological polar surface area (TPSA) is 109 Å². The van der Waals surface area contributed by atoms with Crippen molar-refractivity contribution < 1.29 is 9.53 Å². The van der Waals surface area contributed by atoms with Crippen molar-refractivity contribution in [3.8, 4) is 22.8 Å². The molecule has 4 rings (SSSR count). The molecule has 0 spiro atoms. The highest BCUT2D eigenvalue weighted by atomic mass is 16.6. The third-order valence-electron chi connectivity index (χ3n) is 4.24. The third-order valence-corrected chi connectivity index (χ3v) is 4.24. The van der Waals surface area contributed by atoms with E-state index in [2.05, 4.69) is 15.0 Å². The molecule has 140 valence electrons. The van der Waals surface area contributed by atoms with Gasteiger partial charge in [-0.2, -0.15) is 0 Å². The summed E-state index contributed by atoms with van der Waals surface area (Å²) in [5.41, 5.74) is 9.34. The number of imidazole rings is 1. The van der Waals surface area contributed by atoms with Crippen LogP contribution in [-0.4, -0.2) is 30.5 Å². The lowest BCUT2D eigenvalue weighted by atomic mass is 10.2. The van der Waals surface area contributed by atoms with E-state index in [1.165, 1.54) is 6.92 Å². The summed E-state index contributed by atoms with van der Waals surface area (Å²) in [6.45, 7) is 3.12. The van der Waals surface area contributed by atoms with E-state index in [1.807, 2.05) is 36.4 Å². The first-order valence-electron chi connectivity index (χ1n) is 8.73. The fourth-order valence-electron chi connectivity index (χ4n) is 3.06. The lowest BCUT2D eigenvalue weighted by molar-refractivity contribution is -0.149. The highest BCUT2D eigenvalue weighted by molar-refractivity contribution is 5.82. The van der Waals surface area contributed by atoms with Crippen molar-refractivity contribution in [2.45, 2.75) is 20.1 Å². The van der Waals surface area contributed by atoms with Crippen molar-refractivity contribution >= 4 is 23.0 Å². The molecule has 8 heteroatoms. The van der Waals surface area contributed by atoms with Gasteiger partial charge in [0.05, 0.1) is 17.0 Å². The Balaban J connectivity index is 1.96. The summed E-state index contributed by atoms with van der Waals surface area (Å²) in [5.74, 6) is 0.458. The van der Waals surface area contributed by atoms with Gasteiger partial charge in [0.15, 0.2) is 11.9 Å². The van der Waals surface area contributed by atoms with Gasteiger partial charge in [-0.25, -0.2) is 15.0 Å². The van der Waals surface area contributed by atoms with Gasteiger partial charge < -0.3 is 10.5 Å². The Morgan fingerprint density at radius 1 is 1.04 bits per heavy atom. The minimum absolute atomic E-state index is 0.332. The number of aromatic nitrogens is 5. The second-order valence-electron chi connectivity index (χ2n) is 6.20. The molecule has 0 aliphatic carbocycles. The molecule has 0 amide bonds. The Hall–Kier alpha value is -3.81. The van der Waals surface area contributed by atoms with Crippen LogP contribution in [0.2, 0.25) is 0 Å². The van der Waals surface area contributed by atoms with Gasteiger partial charge in [0.1, 0.15) is 17.2 Å². The van der Waals surface area contributed by atoms with E-state index in [1.54, 1.807) is 30.0 Å². The van der Waals surface area contributed by atoms with Crippen LogP contribution in [-0.2, 0) is 9.53 Å². The normalized spacial score (nSPS) is 12.1. The number of hydrogen-bond donors (Lipinski definition) is 1. The van der Waals surface area contributed by atoms with Crippen molar-refractivity contribution in [1.29, 1.82) is 0 Å². The number of carbonyl (C=O) groups is 1. The second-order valence-corrected chi connectivity index (χ2v) is 6.20. The molecular formula is C20H18N6O2. The Kier molecular flexibility index (Phi) is 4.44. The number of nitrogen functional groups attached to an aromatic ring is 1. The predicted molar refractivity (Wildman–Crippen MR) is 105 cm³/mol. The van der Waals surface area contributed by atoms with Gasteiger partial charge in [-0.1, -0.05) is 6.07 Å². The molecule has 8 nitrogen and oxygen atoms in total. The fourth-order valence-corrected chi connectivity index (χ4v) is 3.06. The summed E-state index contributed by atoms with van der Waals surface area (Å²) in [5, 5.41) is 0. The van der Waals surface area contributed by atoms with Gasteiger partial charge in [-0.15, -0.1) is 0 Å². The SMILES string of the molecule is CC(=O)OC(C)n1c(-c2cccnc2N)nc2ccc(-c3ccccn3)nc21. The Labute approximate surface area is 161 Å². The quantitative estimate of drug-likeness (QED) is 0.546. The Morgan fingerprint density at radius 3 is 2.57 bits per heavy atom. The van der Waals surface area contributed by atoms with E-state index in [0.29, 0.717) is 34.1 Å². The molecule has 0 saturated heterocycles. The number of fused-ring (bicyclic) bond motifs is 1. The van der Waals surface area contributed by atoms with Gasteiger partial charge in [0, 0.05) is 19.3 Å². The summed E-state index contributed by atoms with van der Waals surface area (Å²) in [6, 6.07) is 12.9. The number of ether oxygens (including phenoxy) is 1. The van der Waals surface area contributed by atoms with E-state index >= 15 is 0 Å². The summed E-state index contributed by atoms with van der Waals surface area (Å²) < 4.78 is 7.16. The van der Waals surface area contributed by atoms with E-state index < -0.39 is 12.2 Å². The van der Waals surface area contributed by atoms with Gasteiger partial charge >= 0.3 is 5.97 Å². The smallest absolute Gasteiger partial charge is 0.304 e. The van der Waals surface area contributed by atoms with Crippen molar-refractivity contribution in [3.05, 3.63) is 54.9 Å². The van der Waals surface area contributed by atoms with Crippen molar-refractivity contribution in [2.75, 3.05) is 5.73 Å². The number of pyridine rings is 3. The predicted octanol–water partition coefficient (Wildman–Crippen LogP) is 3.22. The molecular weight excluding hydrogens is 356 g/mol. The molecule has 1 unspecified atom stereocenters. The third kappa shape index (κ3) is 3.16. The molecule has 0 aliphatic rings. The maximum atomic E-state index is 11.6. The molecule has 28 heavy (non-hydrogen) atoms. The molecule has 0 fully saturated rings. The van der Waals surface area contributed by atoms with Gasteiger partial charge in [-0.3, -0.25) is 14.3 Å². The first-order chi connectivity index (χ1) is 13.5. The van der Waals surface area contributed by atoms with Crippen molar-refractivity contribution in [1.82, 2.24) is 24.5 Å². The zero-order chi connectivity index (χ0) is 19.7. The van der Waals surface area contributed by atoms with Crippen molar-refractivity contribution in [2.24, 2.45) is 0 Å². The van der Waals surface area contributed by atoms with Crippen LogP contribution in [0, 0.1) is 0 Å². The standard InChI is InChI=1S/C20H18N6O2/c1-12(28-13(2)27)26-19(14-6-5-11-23-18(14)21)25-17-9-8-16(24-20(17)26)15-7-3-4-10-22-15/h3-12H,1-2H3,(H2,21,23). The fraction of sp³-hybridized carbons (Fsp3) is 0.150. The highest BCUT2D eigenvalue weighted by Gasteiger charge is 2.22. The molecule has 0 bridgehead atoms. The average molecular weight is 374 g/mol. The maximum Gasteiger partial charge on any atom is 0.304 e. The molecule has 4 heterocycles. The average Bonchev–Trinajstić information content (AvgIpc) is 3.07. The zero-order valence-electron chi connectivity index (χ0n) is 15.4. The largest absolute Gasteiger partial charge is 0.442 e. The van der Waals surface area contributed by atoms with E-state index in [9.17, 15) is 4.79 Å². The minimum Gasteiger partial charge on any atom is -0.442 e. The van der Waals surface area contributed by atoms with E-state index in [-0.39, 0.29) is 0 Å². The minimum atomic E-state index is -0.636. The van der Waals surface area contributed by atoms with Crippen LogP contribution in [0.1, 0.15) is 20.1 Å². The molecule has 4 aromatic rings. The number of anilines is 1. The first kappa shape index (κ1) is 17.6. The van der Waals surface area contributed by atoms with Gasteiger partial charge in [0.2, 0.25) is 0 Å². The van der Waals surface area contributed by atoms with Crippen LogP contribution in [0.15, 0.2) is 54.9 Å². The van der Waals surface area contributed by atoms with Crippen molar-refractivity contribution in [3.63, 3.8) is 0 Å². The zero-order valence-corrected chi connectivity index (χ0v) is 15.4. The van der Waals surface area contributed by atoms with Crippen LogP contribution >= 0.6 is 0 Å². The lowest BCUT2D eigenvalue weighted by Gasteiger charge is -2.17. The number of nitrogens with two attached hydrogens (primary N) is 1. The van der Waals surface area contributed by atoms with Crippen LogP contribution < -0.4 is 5.73 Å². The molecule has 4 aromatic heterocycles. The Morgan fingerprint density at radius 2 is 1.86 bits per heavy atom. The van der Waals surface area contributed by atoms with Gasteiger partial charge in [0.25, 0.3) is 0 Å². The number of hydrogen-bond acceptors (Lipinski definition) is 7. The molecule has 0 radical (unpaired) electrons. The molecule has 1 atom stereocenters. The lowest BCUT2D eigenvalue weighted by Crippen LogP contribution is -2.14. The summed E-state index contributed by atoms with van der Waals surface area (Å²) >= 11 is 0. The van der Waals surface area contributed by atoms with Crippen LogP contribution in [0.3, 0.4) is 0 Å². The van der Waals surface area contributed by atoms with Crippen LogP contribution in [0.4, 0.5) is 5.82 Å².